The zero-order valence-electron chi connectivity index (χ0n) is 17.3. The van der Waals surface area contributed by atoms with Gasteiger partial charge in [0.05, 0.1) is 4.90 Å². The molecule has 1 fully saturated rings. The molecule has 0 unspecified atom stereocenters. The van der Waals surface area contributed by atoms with E-state index in [9.17, 15) is 13.2 Å². The second kappa shape index (κ2) is 9.05. The Labute approximate surface area is 173 Å². The summed E-state index contributed by atoms with van der Waals surface area (Å²) in [5.74, 6) is -0.135. The number of rotatable bonds is 6. The molecule has 0 aliphatic carbocycles. The largest absolute Gasteiger partial charge is 0.356 e. The van der Waals surface area contributed by atoms with Crippen molar-refractivity contribution in [2.45, 2.75) is 44.9 Å². The fraction of sp³-hybridized carbons (Fsp3) is 0.455. The Morgan fingerprint density at radius 1 is 1.17 bits per heavy atom. The van der Waals surface area contributed by atoms with Crippen LogP contribution in [0.5, 0.6) is 0 Å². The molecule has 6 nitrogen and oxygen atoms in total. The molecule has 0 radical (unpaired) electrons. The van der Waals surface area contributed by atoms with Crippen LogP contribution in [0.25, 0.3) is 0 Å². The number of hydrogen-bond donors (Lipinski definition) is 1. The number of aromatic nitrogens is 1. The summed E-state index contributed by atoms with van der Waals surface area (Å²) in [6.07, 6.45) is 5.34. The minimum atomic E-state index is -3.55. The average Bonchev–Trinajstić information content (AvgIpc) is 2.68. The first-order valence-corrected chi connectivity index (χ1v) is 11.5. The Bertz CT molecular complexity index is 943. The summed E-state index contributed by atoms with van der Waals surface area (Å²) in [5.41, 5.74) is 3.69. The third kappa shape index (κ3) is 5.03. The van der Waals surface area contributed by atoms with Crippen LogP contribution in [-0.2, 0) is 21.2 Å². The Morgan fingerprint density at radius 3 is 2.41 bits per heavy atom. The van der Waals surface area contributed by atoms with Crippen molar-refractivity contribution >= 4 is 15.9 Å². The first-order valence-electron chi connectivity index (χ1n) is 10.0. The van der Waals surface area contributed by atoms with Crippen LogP contribution in [0, 0.1) is 26.7 Å². The second-order valence-electron chi connectivity index (χ2n) is 7.81. The number of sulfonamides is 1. The van der Waals surface area contributed by atoms with Gasteiger partial charge in [-0.2, -0.15) is 4.31 Å². The Balaban J connectivity index is 1.56. The molecule has 2 heterocycles. The summed E-state index contributed by atoms with van der Waals surface area (Å²) in [5, 5.41) is 2.98. The highest BCUT2D eigenvalue weighted by Gasteiger charge is 2.33. The van der Waals surface area contributed by atoms with E-state index in [4.69, 9.17) is 0 Å². The Hall–Kier alpha value is -2.25. The van der Waals surface area contributed by atoms with Gasteiger partial charge < -0.3 is 5.32 Å². The van der Waals surface area contributed by atoms with E-state index in [0.29, 0.717) is 37.4 Å². The molecule has 1 aliphatic heterocycles. The lowest BCUT2D eigenvalue weighted by Crippen LogP contribution is -2.43. The molecule has 0 atom stereocenters. The van der Waals surface area contributed by atoms with Crippen LogP contribution in [0.15, 0.2) is 41.6 Å². The van der Waals surface area contributed by atoms with Crippen LogP contribution in [0.4, 0.5) is 0 Å². The third-order valence-corrected chi connectivity index (χ3v) is 7.67. The molecule has 7 heteroatoms. The van der Waals surface area contributed by atoms with Gasteiger partial charge in [-0.3, -0.25) is 9.78 Å². The van der Waals surface area contributed by atoms with Gasteiger partial charge in [-0.15, -0.1) is 0 Å². The molecule has 1 saturated heterocycles. The highest BCUT2D eigenvalue weighted by molar-refractivity contribution is 7.89. The molecule has 1 N–H and O–H groups in total. The minimum absolute atomic E-state index is 0.00800. The topological polar surface area (TPSA) is 79.4 Å². The molecule has 1 aromatic heterocycles. The first-order chi connectivity index (χ1) is 13.8. The summed E-state index contributed by atoms with van der Waals surface area (Å²) in [7, 11) is -3.55. The molecule has 29 heavy (non-hydrogen) atoms. The Morgan fingerprint density at radius 2 is 1.83 bits per heavy atom. The predicted octanol–water partition coefficient (Wildman–Crippen LogP) is 2.77. The summed E-state index contributed by atoms with van der Waals surface area (Å²) in [6.45, 7) is 6.95. The summed E-state index contributed by atoms with van der Waals surface area (Å²) < 4.78 is 27.9. The number of carbonyl (C=O) groups is 1. The highest BCUT2D eigenvalue weighted by Crippen LogP contribution is 2.28. The number of benzene rings is 1. The molecule has 1 amide bonds. The maximum Gasteiger partial charge on any atom is 0.243 e. The fourth-order valence-electron chi connectivity index (χ4n) is 4.08. The standard InChI is InChI=1S/C22H29N3O3S/c1-16-13-17(2)21(18(3)14-16)29(27,28)25-11-7-20(8-12-25)22(26)24-10-6-19-5-4-9-23-15-19/h4-5,9,13-15,20H,6-8,10-12H2,1-3H3,(H,24,26). The number of carbonyl (C=O) groups excluding carboxylic acids is 1. The predicted molar refractivity (Wildman–Crippen MR) is 113 cm³/mol. The van der Waals surface area contributed by atoms with Crippen molar-refractivity contribution in [3.63, 3.8) is 0 Å². The lowest BCUT2D eigenvalue weighted by atomic mass is 9.97. The van der Waals surface area contributed by atoms with Crippen LogP contribution in [0.1, 0.15) is 35.1 Å². The molecule has 3 rings (SSSR count). The molecule has 156 valence electrons. The van der Waals surface area contributed by atoms with Gasteiger partial charge in [0.15, 0.2) is 0 Å². The van der Waals surface area contributed by atoms with E-state index in [1.165, 1.54) is 4.31 Å². The van der Waals surface area contributed by atoms with Gasteiger partial charge in [0.1, 0.15) is 0 Å². The second-order valence-corrected chi connectivity index (χ2v) is 9.68. The highest BCUT2D eigenvalue weighted by atomic mass is 32.2. The number of pyridine rings is 1. The van der Waals surface area contributed by atoms with Crippen molar-refractivity contribution in [2.75, 3.05) is 19.6 Å². The first kappa shape index (κ1) is 21.5. The number of aryl methyl sites for hydroxylation is 3. The number of nitrogens with one attached hydrogen (secondary N) is 1. The van der Waals surface area contributed by atoms with E-state index in [1.54, 1.807) is 12.4 Å². The molecular formula is C22H29N3O3S. The third-order valence-electron chi connectivity index (χ3n) is 5.46. The van der Waals surface area contributed by atoms with E-state index in [1.807, 2.05) is 45.0 Å². The monoisotopic (exact) mass is 415 g/mol. The number of amides is 1. The van der Waals surface area contributed by atoms with E-state index in [2.05, 4.69) is 10.3 Å². The smallest absolute Gasteiger partial charge is 0.243 e. The lowest BCUT2D eigenvalue weighted by Gasteiger charge is -2.31. The molecular weight excluding hydrogens is 386 g/mol. The van der Waals surface area contributed by atoms with Crippen LogP contribution in [0.2, 0.25) is 0 Å². The summed E-state index contributed by atoms with van der Waals surface area (Å²) in [6, 6.07) is 7.67. The Kier molecular flexibility index (Phi) is 6.70. The molecule has 2 aromatic rings. The van der Waals surface area contributed by atoms with Crippen LogP contribution >= 0.6 is 0 Å². The van der Waals surface area contributed by atoms with Gasteiger partial charge in [0.2, 0.25) is 15.9 Å². The molecule has 0 saturated carbocycles. The SMILES string of the molecule is Cc1cc(C)c(S(=O)(=O)N2CCC(C(=O)NCCc3cccnc3)CC2)c(C)c1. The summed E-state index contributed by atoms with van der Waals surface area (Å²) in [4.78, 5) is 16.9. The molecule has 1 aliphatic rings. The van der Waals surface area contributed by atoms with Crippen LogP contribution in [-0.4, -0.2) is 43.2 Å². The maximum atomic E-state index is 13.2. The van der Waals surface area contributed by atoms with Crippen molar-refractivity contribution in [1.29, 1.82) is 0 Å². The fourth-order valence-corrected chi connectivity index (χ4v) is 5.96. The van der Waals surface area contributed by atoms with E-state index in [-0.39, 0.29) is 11.8 Å². The van der Waals surface area contributed by atoms with E-state index in [0.717, 1.165) is 28.7 Å². The number of hydrogen-bond acceptors (Lipinski definition) is 4. The van der Waals surface area contributed by atoms with Crippen molar-refractivity contribution in [1.82, 2.24) is 14.6 Å². The normalized spacial score (nSPS) is 16.0. The van der Waals surface area contributed by atoms with Crippen molar-refractivity contribution < 1.29 is 13.2 Å². The van der Waals surface area contributed by atoms with Gasteiger partial charge in [-0.25, -0.2) is 8.42 Å². The van der Waals surface area contributed by atoms with Crippen LogP contribution < -0.4 is 5.32 Å². The summed E-state index contributed by atoms with van der Waals surface area (Å²) >= 11 is 0. The van der Waals surface area contributed by atoms with E-state index < -0.39 is 10.0 Å². The van der Waals surface area contributed by atoms with Crippen molar-refractivity contribution in [3.8, 4) is 0 Å². The number of nitrogens with zero attached hydrogens (tertiary/aromatic N) is 2. The molecule has 1 aromatic carbocycles. The zero-order valence-corrected chi connectivity index (χ0v) is 18.1. The molecule has 0 spiro atoms. The zero-order chi connectivity index (χ0) is 21.0. The van der Waals surface area contributed by atoms with Gasteiger partial charge in [-0.1, -0.05) is 23.8 Å². The van der Waals surface area contributed by atoms with E-state index >= 15 is 0 Å². The van der Waals surface area contributed by atoms with Gasteiger partial charge in [-0.05, 0) is 62.8 Å². The van der Waals surface area contributed by atoms with Crippen molar-refractivity contribution in [3.05, 3.63) is 58.9 Å². The van der Waals surface area contributed by atoms with Gasteiger partial charge in [0.25, 0.3) is 0 Å². The minimum Gasteiger partial charge on any atom is -0.356 e. The quantitative estimate of drug-likeness (QED) is 0.787. The van der Waals surface area contributed by atoms with Crippen LogP contribution in [0.3, 0.4) is 0 Å². The van der Waals surface area contributed by atoms with Gasteiger partial charge >= 0.3 is 0 Å². The maximum absolute atomic E-state index is 13.2. The number of piperidine rings is 1. The average molecular weight is 416 g/mol. The van der Waals surface area contributed by atoms with Gasteiger partial charge in [0, 0.05) is 37.9 Å². The molecule has 0 bridgehead atoms. The lowest BCUT2D eigenvalue weighted by molar-refractivity contribution is -0.126. The van der Waals surface area contributed by atoms with Crippen molar-refractivity contribution in [2.24, 2.45) is 5.92 Å².